The Bertz CT molecular complexity index is 663. The van der Waals surface area contributed by atoms with Gasteiger partial charge in [0, 0.05) is 23.6 Å². The quantitative estimate of drug-likeness (QED) is 0.687. The predicted octanol–water partition coefficient (Wildman–Crippen LogP) is 3.66. The minimum atomic E-state index is -1.26. The van der Waals surface area contributed by atoms with Crippen LogP contribution < -0.4 is 5.73 Å². The van der Waals surface area contributed by atoms with E-state index in [-0.39, 0.29) is 5.54 Å². The van der Waals surface area contributed by atoms with Crippen LogP contribution >= 0.6 is 0 Å². The molecule has 0 saturated carbocycles. The Balaban J connectivity index is 0.000000359. The van der Waals surface area contributed by atoms with Crippen molar-refractivity contribution in [3.63, 3.8) is 0 Å². The third kappa shape index (κ3) is 8.80. The fourth-order valence-electron chi connectivity index (χ4n) is 2.47. The zero-order valence-corrected chi connectivity index (χ0v) is 15.0. The van der Waals surface area contributed by atoms with E-state index in [1.807, 2.05) is 0 Å². The summed E-state index contributed by atoms with van der Waals surface area (Å²) in [4.78, 5) is 19.1. The van der Waals surface area contributed by atoms with Crippen molar-refractivity contribution in [1.29, 1.82) is 0 Å². The standard InChI is InChI=1S/C17H21N.C4H4O4/c1-17(2,18)13-16(14-9-5-3-6-10-14)15-11-7-4-8-12-15;5-3(6)1-2-4(7)8/h3-12,16H,13,18H2,1-2H3;1-2H,(H,5,6)(H,7,8)/b;2-1-. The summed E-state index contributed by atoms with van der Waals surface area (Å²) in [7, 11) is 0. The van der Waals surface area contributed by atoms with Gasteiger partial charge >= 0.3 is 11.9 Å². The number of carboxylic acid groups (broad SMARTS) is 2. The number of carbonyl (C=O) groups is 2. The van der Waals surface area contributed by atoms with E-state index in [0.717, 1.165) is 6.42 Å². The zero-order valence-electron chi connectivity index (χ0n) is 15.0. The summed E-state index contributed by atoms with van der Waals surface area (Å²) in [6.07, 6.45) is 2.06. The molecule has 26 heavy (non-hydrogen) atoms. The van der Waals surface area contributed by atoms with Crippen LogP contribution in [0.2, 0.25) is 0 Å². The van der Waals surface area contributed by atoms with Crippen LogP contribution in [0, 0.1) is 0 Å². The minimum absolute atomic E-state index is 0.170. The summed E-state index contributed by atoms with van der Waals surface area (Å²) in [5, 5.41) is 15.6. The average molecular weight is 355 g/mol. The van der Waals surface area contributed by atoms with E-state index in [0.29, 0.717) is 18.1 Å². The molecule has 2 rings (SSSR count). The number of aliphatic carboxylic acids is 2. The number of nitrogens with two attached hydrogens (primary N) is 1. The lowest BCUT2D eigenvalue weighted by atomic mass is 9.82. The first-order chi connectivity index (χ1) is 12.2. The lowest BCUT2D eigenvalue weighted by Gasteiger charge is -2.26. The maximum absolute atomic E-state index is 9.55. The highest BCUT2D eigenvalue weighted by molar-refractivity contribution is 5.89. The average Bonchev–Trinajstić information content (AvgIpc) is 2.59. The summed E-state index contributed by atoms with van der Waals surface area (Å²) in [6, 6.07) is 21.2. The topological polar surface area (TPSA) is 101 Å². The molecule has 0 amide bonds. The van der Waals surface area contributed by atoms with Crippen LogP contribution in [0.1, 0.15) is 37.3 Å². The third-order valence-corrected chi connectivity index (χ3v) is 3.50. The smallest absolute Gasteiger partial charge is 0.328 e. The van der Waals surface area contributed by atoms with Gasteiger partial charge in [0.2, 0.25) is 0 Å². The highest BCUT2D eigenvalue weighted by Crippen LogP contribution is 2.31. The van der Waals surface area contributed by atoms with Crippen LogP contribution in [0.4, 0.5) is 0 Å². The summed E-state index contributed by atoms with van der Waals surface area (Å²) >= 11 is 0. The van der Waals surface area contributed by atoms with E-state index < -0.39 is 11.9 Å². The van der Waals surface area contributed by atoms with E-state index in [2.05, 4.69) is 74.5 Å². The van der Waals surface area contributed by atoms with E-state index >= 15 is 0 Å². The lowest BCUT2D eigenvalue weighted by Crippen LogP contribution is -2.34. The van der Waals surface area contributed by atoms with Crippen molar-refractivity contribution in [2.75, 3.05) is 0 Å². The van der Waals surface area contributed by atoms with Crippen LogP contribution in [0.15, 0.2) is 72.8 Å². The SMILES string of the molecule is CC(C)(N)CC(c1ccccc1)c1ccccc1.O=C(O)/C=C\C(=O)O. The van der Waals surface area contributed by atoms with E-state index in [4.69, 9.17) is 15.9 Å². The monoisotopic (exact) mass is 355 g/mol. The normalized spacial score (nSPS) is 11.1. The molecule has 0 spiro atoms. The van der Waals surface area contributed by atoms with Gasteiger partial charge in [-0.05, 0) is 31.4 Å². The van der Waals surface area contributed by atoms with Crippen LogP contribution in [-0.4, -0.2) is 27.7 Å². The first-order valence-corrected chi connectivity index (χ1v) is 8.22. The lowest BCUT2D eigenvalue weighted by molar-refractivity contribution is -0.134. The van der Waals surface area contributed by atoms with Gasteiger partial charge in [-0.2, -0.15) is 0 Å². The highest BCUT2D eigenvalue weighted by Gasteiger charge is 2.21. The summed E-state index contributed by atoms with van der Waals surface area (Å²) < 4.78 is 0. The van der Waals surface area contributed by atoms with Gasteiger partial charge in [-0.3, -0.25) is 0 Å². The maximum atomic E-state index is 9.55. The molecule has 0 heterocycles. The minimum Gasteiger partial charge on any atom is -0.478 e. The van der Waals surface area contributed by atoms with Gasteiger partial charge in [-0.25, -0.2) is 9.59 Å². The zero-order chi connectivity index (χ0) is 19.6. The van der Waals surface area contributed by atoms with E-state index in [1.165, 1.54) is 11.1 Å². The van der Waals surface area contributed by atoms with Crippen LogP contribution in [0.3, 0.4) is 0 Å². The molecule has 0 fully saturated rings. The first kappa shape index (κ1) is 21.1. The summed E-state index contributed by atoms with van der Waals surface area (Å²) in [6.45, 7) is 4.18. The largest absolute Gasteiger partial charge is 0.478 e. The van der Waals surface area contributed by atoms with E-state index in [1.54, 1.807) is 0 Å². The molecule has 0 radical (unpaired) electrons. The van der Waals surface area contributed by atoms with Gasteiger partial charge in [0.05, 0.1) is 0 Å². The van der Waals surface area contributed by atoms with Crippen molar-refractivity contribution in [2.24, 2.45) is 5.73 Å². The number of carboxylic acids is 2. The third-order valence-electron chi connectivity index (χ3n) is 3.50. The second-order valence-corrected chi connectivity index (χ2v) is 6.58. The molecule has 0 saturated heterocycles. The Morgan fingerprint density at radius 1 is 0.885 bits per heavy atom. The highest BCUT2D eigenvalue weighted by atomic mass is 16.4. The molecule has 0 aromatic heterocycles. The maximum Gasteiger partial charge on any atom is 0.328 e. The number of hydrogen-bond donors (Lipinski definition) is 3. The number of rotatable bonds is 6. The van der Waals surface area contributed by atoms with Gasteiger partial charge in [-0.15, -0.1) is 0 Å². The van der Waals surface area contributed by atoms with Gasteiger partial charge in [-0.1, -0.05) is 60.7 Å². The molecular weight excluding hydrogens is 330 g/mol. The van der Waals surface area contributed by atoms with Crippen LogP contribution in [0.25, 0.3) is 0 Å². The molecule has 0 aliphatic carbocycles. The second-order valence-electron chi connectivity index (χ2n) is 6.58. The number of benzene rings is 2. The molecule has 2 aromatic rings. The Morgan fingerprint density at radius 2 is 1.23 bits per heavy atom. The first-order valence-electron chi connectivity index (χ1n) is 8.22. The number of hydrogen-bond acceptors (Lipinski definition) is 3. The summed E-state index contributed by atoms with van der Waals surface area (Å²) in [5.41, 5.74) is 8.71. The van der Waals surface area contributed by atoms with Crippen molar-refractivity contribution >= 4 is 11.9 Å². The molecule has 2 aromatic carbocycles. The molecule has 0 unspecified atom stereocenters. The molecule has 0 atom stereocenters. The Labute approximate surface area is 153 Å². The van der Waals surface area contributed by atoms with Crippen molar-refractivity contribution in [3.8, 4) is 0 Å². The Hall–Kier alpha value is -2.92. The van der Waals surface area contributed by atoms with Crippen LogP contribution in [-0.2, 0) is 9.59 Å². The predicted molar refractivity (Wildman–Crippen MR) is 102 cm³/mol. The molecule has 138 valence electrons. The second kappa shape index (κ2) is 10.2. The Morgan fingerprint density at radius 3 is 1.50 bits per heavy atom. The van der Waals surface area contributed by atoms with Gasteiger partial charge in [0.1, 0.15) is 0 Å². The van der Waals surface area contributed by atoms with Gasteiger partial charge < -0.3 is 15.9 Å². The fraction of sp³-hybridized carbons (Fsp3) is 0.238. The summed E-state index contributed by atoms with van der Waals surface area (Å²) in [5.74, 6) is -2.15. The fourth-order valence-corrected chi connectivity index (χ4v) is 2.47. The van der Waals surface area contributed by atoms with Crippen molar-refractivity contribution in [3.05, 3.63) is 83.9 Å². The van der Waals surface area contributed by atoms with Crippen molar-refractivity contribution in [1.82, 2.24) is 0 Å². The van der Waals surface area contributed by atoms with Gasteiger partial charge in [0.15, 0.2) is 0 Å². The molecule has 0 aliphatic rings. The molecular formula is C21H25NO4. The van der Waals surface area contributed by atoms with Gasteiger partial charge in [0.25, 0.3) is 0 Å². The van der Waals surface area contributed by atoms with Crippen LogP contribution in [0.5, 0.6) is 0 Å². The Kier molecular flexibility index (Phi) is 8.25. The molecule has 4 N–H and O–H groups in total. The molecule has 5 nitrogen and oxygen atoms in total. The molecule has 0 bridgehead atoms. The van der Waals surface area contributed by atoms with E-state index in [9.17, 15) is 9.59 Å². The van der Waals surface area contributed by atoms with Crippen molar-refractivity contribution in [2.45, 2.75) is 31.7 Å². The molecule has 0 aliphatic heterocycles. The van der Waals surface area contributed by atoms with Crippen molar-refractivity contribution < 1.29 is 19.8 Å². The molecule has 5 heteroatoms.